The van der Waals surface area contributed by atoms with Gasteiger partial charge in [0.25, 0.3) is 0 Å². The largest absolute Gasteiger partial charge is 0.294 e. The Balaban J connectivity index is 1.68. The van der Waals surface area contributed by atoms with Crippen LogP contribution in [-0.4, -0.2) is 23.8 Å². The average Bonchev–Trinajstić information content (AvgIpc) is 2.39. The second-order valence-electron chi connectivity index (χ2n) is 5.09. The van der Waals surface area contributed by atoms with Crippen LogP contribution in [0.25, 0.3) is 0 Å². The molecule has 2 bridgehead atoms. The summed E-state index contributed by atoms with van der Waals surface area (Å²) in [5.74, 6) is 0.877. The Morgan fingerprint density at radius 3 is 2.41 bits per heavy atom. The number of fused-ring (bicyclic) bond motifs is 3. The van der Waals surface area contributed by atoms with Gasteiger partial charge in [-0.05, 0) is 49.3 Å². The predicted molar refractivity (Wildman–Crippen MR) is 71.5 cm³/mol. The molecular formula is C14H17ClN2. The van der Waals surface area contributed by atoms with E-state index in [1.54, 1.807) is 0 Å². The first kappa shape index (κ1) is 11.1. The van der Waals surface area contributed by atoms with Gasteiger partial charge < -0.3 is 0 Å². The number of halogens is 1. The Kier molecular flexibility index (Phi) is 3.06. The van der Waals surface area contributed by atoms with Gasteiger partial charge in [0.1, 0.15) is 0 Å². The molecule has 0 unspecified atom stereocenters. The van der Waals surface area contributed by atoms with E-state index in [1.165, 1.54) is 25.7 Å². The van der Waals surface area contributed by atoms with Crippen molar-refractivity contribution in [2.75, 3.05) is 6.54 Å². The van der Waals surface area contributed by atoms with Crippen LogP contribution in [0.5, 0.6) is 0 Å². The Labute approximate surface area is 107 Å². The maximum absolute atomic E-state index is 5.86. The van der Waals surface area contributed by atoms with E-state index in [9.17, 15) is 0 Å². The molecule has 1 aliphatic carbocycles. The van der Waals surface area contributed by atoms with Gasteiger partial charge in [0.05, 0.1) is 6.21 Å². The van der Waals surface area contributed by atoms with Gasteiger partial charge in [0, 0.05) is 17.6 Å². The molecule has 17 heavy (non-hydrogen) atoms. The molecule has 4 rings (SSSR count). The lowest BCUT2D eigenvalue weighted by molar-refractivity contribution is 0.0525. The van der Waals surface area contributed by atoms with Crippen molar-refractivity contribution in [3.63, 3.8) is 0 Å². The van der Waals surface area contributed by atoms with Crippen LogP contribution in [0.3, 0.4) is 0 Å². The van der Waals surface area contributed by atoms with Crippen molar-refractivity contribution in [1.82, 2.24) is 5.01 Å². The molecule has 0 N–H and O–H groups in total. The first-order valence-electron chi connectivity index (χ1n) is 6.37. The van der Waals surface area contributed by atoms with Gasteiger partial charge in [-0.15, -0.1) is 0 Å². The lowest BCUT2D eigenvalue weighted by Crippen LogP contribution is -2.44. The van der Waals surface area contributed by atoms with Crippen LogP contribution < -0.4 is 0 Å². The van der Waals surface area contributed by atoms with Crippen LogP contribution in [0, 0.1) is 5.92 Å². The Morgan fingerprint density at radius 1 is 1.12 bits per heavy atom. The molecular weight excluding hydrogens is 232 g/mol. The van der Waals surface area contributed by atoms with E-state index in [2.05, 4.69) is 10.1 Å². The molecule has 0 aromatic heterocycles. The van der Waals surface area contributed by atoms with Gasteiger partial charge in [0.2, 0.25) is 0 Å². The molecule has 0 amide bonds. The molecule has 0 spiro atoms. The minimum Gasteiger partial charge on any atom is -0.294 e. The first-order chi connectivity index (χ1) is 8.31. The maximum atomic E-state index is 5.86. The average molecular weight is 249 g/mol. The highest BCUT2D eigenvalue weighted by molar-refractivity contribution is 6.30. The number of benzene rings is 1. The fourth-order valence-corrected chi connectivity index (χ4v) is 3.00. The van der Waals surface area contributed by atoms with Crippen molar-refractivity contribution in [3.8, 4) is 0 Å². The van der Waals surface area contributed by atoms with E-state index in [0.717, 1.165) is 23.0 Å². The molecule has 1 aromatic rings. The van der Waals surface area contributed by atoms with Gasteiger partial charge in [0.15, 0.2) is 0 Å². The van der Waals surface area contributed by atoms with E-state index in [4.69, 9.17) is 11.6 Å². The normalized spacial score (nSPS) is 27.9. The van der Waals surface area contributed by atoms with E-state index in [1.807, 2.05) is 30.5 Å². The van der Waals surface area contributed by atoms with E-state index >= 15 is 0 Å². The number of nitrogens with zero attached hydrogens (tertiary/aromatic N) is 2. The summed E-state index contributed by atoms with van der Waals surface area (Å²) in [5, 5.41) is 7.69. The van der Waals surface area contributed by atoms with Crippen molar-refractivity contribution in [1.29, 1.82) is 0 Å². The summed E-state index contributed by atoms with van der Waals surface area (Å²) < 4.78 is 0. The lowest BCUT2D eigenvalue weighted by Gasteiger charge is -2.43. The monoisotopic (exact) mass is 248 g/mol. The third kappa shape index (κ3) is 2.47. The van der Waals surface area contributed by atoms with E-state index < -0.39 is 0 Å². The quantitative estimate of drug-likeness (QED) is 0.731. The van der Waals surface area contributed by atoms with Crippen LogP contribution in [0.1, 0.15) is 31.2 Å². The molecule has 2 nitrogen and oxygen atoms in total. The standard InChI is InChI=1S/C14H17ClN2/c15-13-5-1-11(2-6-13)9-16-17-10-12-3-7-14(17)8-4-12/h1-2,5-6,9,12,14H,3-4,7-8,10H2/b16-9-. The summed E-state index contributed by atoms with van der Waals surface area (Å²) in [5.41, 5.74) is 1.12. The minimum atomic E-state index is 0.684. The summed E-state index contributed by atoms with van der Waals surface area (Å²) in [4.78, 5) is 0. The van der Waals surface area contributed by atoms with Gasteiger partial charge in [-0.1, -0.05) is 23.7 Å². The topological polar surface area (TPSA) is 15.6 Å². The molecule has 0 radical (unpaired) electrons. The van der Waals surface area contributed by atoms with Crippen LogP contribution in [0.4, 0.5) is 0 Å². The Hall–Kier alpha value is -1.02. The van der Waals surface area contributed by atoms with Crippen LogP contribution in [0.15, 0.2) is 29.4 Å². The van der Waals surface area contributed by atoms with Crippen molar-refractivity contribution >= 4 is 17.8 Å². The smallest absolute Gasteiger partial charge is 0.0543 e. The molecule has 1 saturated carbocycles. The van der Waals surface area contributed by atoms with Crippen molar-refractivity contribution in [3.05, 3.63) is 34.9 Å². The lowest BCUT2D eigenvalue weighted by atomic mass is 9.81. The summed E-state index contributed by atoms with van der Waals surface area (Å²) in [6.45, 7) is 1.15. The highest BCUT2D eigenvalue weighted by Crippen LogP contribution is 2.34. The molecule has 90 valence electrons. The van der Waals surface area contributed by atoms with Gasteiger partial charge in [-0.25, -0.2) is 0 Å². The van der Waals surface area contributed by atoms with Crippen LogP contribution in [0.2, 0.25) is 5.02 Å². The van der Waals surface area contributed by atoms with Gasteiger partial charge in [-0.3, -0.25) is 5.01 Å². The summed E-state index contributed by atoms with van der Waals surface area (Å²) >= 11 is 5.86. The molecule has 2 heterocycles. The van der Waals surface area contributed by atoms with Gasteiger partial charge in [-0.2, -0.15) is 5.10 Å². The minimum absolute atomic E-state index is 0.684. The molecule has 2 aliphatic heterocycles. The maximum Gasteiger partial charge on any atom is 0.0543 e. The molecule has 3 heteroatoms. The Morgan fingerprint density at radius 2 is 1.82 bits per heavy atom. The molecule has 0 atom stereocenters. The summed E-state index contributed by atoms with van der Waals surface area (Å²) in [6.07, 6.45) is 7.40. The predicted octanol–water partition coefficient (Wildman–Crippen LogP) is 3.55. The fourth-order valence-electron chi connectivity index (χ4n) is 2.87. The summed E-state index contributed by atoms with van der Waals surface area (Å²) in [7, 11) is 0. The summed E-state index contributed by atoms with van der Waals surface area (Å²) in [6, 6.07) is 8.52. The fraction of sp³-hybridized carbons (Fsp3) is 0.500. The van der Waals surface area contributed by atoms with Gasteiger partial charge >= 0.3 is 0 Å². The van der Waals surface area contributed by atoms with E-state index in [0.29, 0.717) is 6.04 Å². The molecule has 3 fully saturated rings. The third-order valence-corrected chi connectivity index (χ3v) is 4.16. The zero-order valence-electron chi connectivity index (χ0n) is 9.85. The second kappa shape index (κ2) is 4.69. The number of rotatable bonds is 2. The molecule has 1 aromatic carbocycles. The highest BCUT2D eigenvalue weighted by Gasteiger charge is 2.32. The highest BCUT2D eigenvalue weighted by atomic mass is 35.5. The number of hydrogen-bond acceptors (Lipinski definition) is 2. The number of piperidine rings is 2. The van der Waals surface area contributed by atoms with Crippen molar-refractivity contribution in [2.24, 2.45) is 11.0 Å². The number of hydrazone groups is 1. The van der Waals surface area contributed by atoms with Crippen molar-refractivity contribution in [2.45, 2.75) is 31.7 Å². The van der Waals surface area contributed by atoms with Crippen LogP contribution in [-0.2, 0) is 0 Å². The second-order valence-corrected chi connectivity index (χ2v) is 5.53. The SMILES string of the molecule is Clc1ccc(/C=N\N2CC3CCC2CC3)cc1. The first-order valence-corrected chi connectivity index (χ1v) is 6.75. The zero-order chi connectivity index (χ0) is 11.7. The molecule has 3 aliphatic rings. The van der Waals surface area contributed by atoms with Crippen molar-refractivity contribution < 1.29 is 0 Å². The number of hydrogen-bond donors (Lipinski definition) is 0. The van der Waals surface area contributed by atoms with Crippen LogP contribution >= 0.6 is 11.6 Å². The van der Waals surface area contributed by atoms with E-state index in [-0.39, 0.29) is 0 Å². The third-order valence-electron chi connectivity index (χ3n) is 3.91. The Bertz CT molecular complexity index is 405. The zero-order valence-corrected chi connectivity index (χ0v) is 10.6. The molecule has 2 saturated heterocycles.